The van der Waals surface area contributed by atoms with Crippen LogP contribution in [0, 0.1) is 0 Å². The largest absolute Gasteiger partial charge is 0.472 e. The zero-order chi connectivity index (χ0) is 15.5. The van der Waals surface area contributed by atoms with E-state index in [4.69, 9.17) is 18.5 Å². The molecule has 4 rings (SSSR count). The van der Waals surface area contributed by atoms with Gasteiger partial charge in [0.2, 0.25) is 0 Å². The molecular formula is C11H13N2O8P. The Morgan fingerprint density at radius 1 is 1.45 bits per heavy atom. The molecule has 120 valence electrons. The highest BCUT2D eigenvalue weighted by Gasteiger charge is 2.66. The predicted molar refractivity (Wildman–Crippen MR) is 69.2 cm³/mol. The van der Waals surface area contributed by atoms with Gasteiger partial charge in [0.1, 0.15) is 17.8 Å². The monoisotopic (exact) mass is 332 g/mol. The fourth-order valence-corrected chi connectivity index (χ4v) is 4.10. The number of H-pyrrole nitrogens is 1. The zero-order valence-electron chi connectivity index (χ0n) is 11.2. The van der Waals surface area contributed by atoms with Crippen molar-refractivity contribution in [1.82, 2.24) is 9.55 Å². The molecule has 2 N–H and O–H groups in total. The van der Waals surface area contributed by atoms with E-state index in [1.807, 2.05) is 0 Å². The minimum absolute atomic E-state index is 0.141. The Labute approximate surface area is 123 Å². The normalized spacial score (nSPS) is 43.8. The van der Waals surface area contributed by atoms with E-state index in [-0.39, 0.29) is 6.61 Å². The van der Waals surface area contributed by atoms with Gasteiger partial charge in [-0.2, -0.15) is 0 Å². The summed E-state index contributed by atoms with van der Waals surface area (Å²) in [7, 11) is -4.16. The Morgan fingerprint density at radius 2 is 2.23 bits per heavy atom. The second kappa shape index (κ2) is 4.60. The quantitative estimate of drug-likeness (QED) is 0.634. The van der Waals surface area contributed by atoms with Crippen molar-refractivity contribution < 1.29 is 28.0 Å². The maximum Gasteiger partial charge on any atom is 0.472 e. The zero-order valence-corrected chi connectivity index (χ0v) is 12.1. The van der Waals surface area contributed by atoms with Crippen molar-refractivity contribution >= 4 is 7.82 Å². The maximum atomic E-state index is 12.0. The fourth-order valence-electron chi connectivity index (χ4n) is 3.10. The standard InChI is InChI=1S/C11H13N2O8P/c14-7-1-3-13(10(15)12-7)9-11(2-4-18-11)8-6(20-9)5-19-22(16,17)21-8/h1,3,6,8-9H,2,4-5H2,(H,16,17)(H,12,14,15)/t6-,8-,9-,11-/m1/s1. The lowest BCUT2D eigenvalue weighted by atomic mass is 9.86. The van der Waals surface area contributed by atoms with E-state index >= 15 is 0 Å². The van der Waals surface area contributed by atoms with Crippen LogP contribution in [-0.4, -0.2) is 45.5 Å². The molecule has 0 amide bonds. The lowest BCUT2D eigenvalue weighted by Gasteiger charge is -2.46. The summed E-state index contributed by atoms with van der Waals surface area (Å²) in [6.07, 6.45) is -0.550. The number of aromatic amines is 1. The summed E-state index contributed by atoms with van der Waals surface area (Å²) in [4.78, 5) is 34.8. The number of rotatable bonds is 1. The van der Waals surface area contributed by atoms with Crippen molar-refractivity contribution in [1.29, 1.82) is 0 Å². The van der Waals surface area contributed by atoms with Crippen LogP contribution < -0.4 is 11.2 Å². The van der Waals surface area contributed by atoms with Gasteiger partial charge in [-0.05, 0) is 0 Å². The van der Waals surface area contributed by atoms with Gasteiger partial charge in [0.25, 0.3) is 5.56 Å². The molecule has 0 aliphatic carbocycles. The highest BCUT2D eigenvalue weighted by molar-refractivity contribution is 7.47. The molecule has 1 spiro atoms. The SMILES string of the molecule is O=c1ccn([C@@H]2O[C@@H]3COP(=O)(O)O[C@H]3[C@]23CCO3)c(=O)[nH]1. The summed E-state index contributed by atoms with van der Waals surface area (Å²) >= 11 is 0. The highest BCUT2D eigenvalue weighted by Crippen LogP contribution is 2.58. The van der Waals surface area contributed by atoms with Crippen molar-refractivity contribution in [3.63, 3.8) is 0 Å². The van der Waals surface area contributed by atoms with Crippen LogP contribution in [0.1, 0.15) is 12.6 Å². The molecule has 0 radical (unpaired) electrons. The lowest BCUT2D eigenvalue weighted by Crippen LogP contribution is -2.59. The van der Waals surface area contributed by atoms with E-state index < -0.39 is 43.1 Å². The molecule has 3 aliphatic heterocycles. The van der Waals surface area contributed by atoms with E-state index in [0.29, 0.717) is 13.0 Å². The van der Waals surface area contributed by atoms with Gasteiger partial charge in [-0.3, -0.25) is 23.4 Å². The maximum absolute atomic E-state index is 12.0. The number of hydrogen-bond acceptors (Lipinski definition) is 7. The molecule has 1 unspecified atom stereocenters. The summed E-state index contributed by atoms with van der Waals surface area (Å²) in [5.41, 5.74) is -2.23. The van der Waals surface area contributed by atoms with Crippen LogP contribution in [0.5, 0.6) is 0 Å². The van der Waals surface area contributed by atoms with Gasteiger partial charge in [0.15, 0.2) is 6.23 Å². The van der Waals surface area contributed by atoms with Gasteiger partial charge >= 0.3 is 13.5 Å². The van der Waals surface area contributed by atoms with Gasteiger partial charge in [0, 0.05) is 18.7 Å². The second-order valence-corrected chi connectivity index (χ2v) is 6.79. The second-order valence-electron chi connectivity index (χ2n) is 5.39. The molecule has 3 fully saturated rings. The number of nitrogens with one attached hydrogen (secondary N) is 1. The third kappa shape index (κ3) is 1.96. The van der Waals surface area contributed by atoms with Crippen LogP contribution in [0.3, 0.4) is 0 Å². The van der Waals surface area contributed by atoms with Crippen LogP contribution in [0.15, 0.2) is 21.9 Å². The summed E-state index contributed by atoms with van der Waals surface area (Å²) in [6, 6.07) is 1.19. The molecular weight excluding hydrogens is 319 g/mol. The Hall–Kier alpha value is -1.29. The Balaban J connectivity index is 1.76. The van der Waals surface area contributed by atoms with Gasteiger partial charge in [-0.25, -0.2) is 9.36 Å². The first-order valence-corrected chi connectivity index (χ1v) is 8.17. The molecule has 0 bridgehead atoms. The van der Waals surface area contributed by atoms with Gasteiger partial charge in [0.05, 0.1) is 13.2 Å². The van der Waals surface area contributed by atoms with Gasteiger partial charge in [-0.15, -0.1) is 0 Å². The molecule has 10 nitrogen and oxygen atoms in total. The van der Waals surface area contributed by atoms with Crippen molar-refractivity contribution in [2.45, 2.75) is 30.5 Å². The minimum Gasteiger partial charge on any atom is -0.367 e. The molecule has 3 saturated heterocycles. The van der Waals surface area contributed by atoms with E-state index in [1.165, 1.54) is 16.8 Å². The predicted octanol–water partition coefficient (Wildman–Crippen LogP) is -0.891. The summed E-state index contributed by atoms with van der Waals surface area (Å²) in [5.74, 6) is 0. The number of phosphoric acid groups is 1. The Bertz CT molecular complexity index is 768. The topological polar surface area (TPSA) is 129 Å². The third-order valence-corrected chi connectivity index (χ3v) is 5.13. The average Bonchev–Trinajstić information content (AvgIpc) is 2.71. The van der Waals surface area contributed by atoms with E-state index in [1.54, 1.807) is 0 Å². The number of ether oxygens (including phenoxy) is 2. The number of aromatic nitrogens is 2. The summed E-state index contributed by atoms with van der Waals surface area (Å²) in [6.45, 7) is 0.277. The Morgan fingerprint density at radius 3 is 2.86 bits per heavy atom. The van der Waals surface area contributed by atoms with Crippen LogP contribution in [-0.2, 0) is 23.1 Å². The average molecular weight is 332 g/mol. The molecule has 1 aromatic heterocycles. The molecule has 22 heavy (non-hydrogen) atoms. The van der Waals surface area contributed by atoms with Gasteiger partial charge in [-0.1, -0.05) is 0 Å². The number of nitrogens with zero attached hydrogens (tertiary/aromatic N) is 1. The van der Waals surface area contributed by atoms with Crippen LogP contribution >= 0.6 is 7.82 Å². The van der Waals surface area contributed by atoms with E-state index in [9.17, 15) is 19.0 Å². The fraction of sp³-hybridized carbons (Fsp3) is 0.636. The molecule has 3 aliphatic rings. The van der Waals surface area contributed by atoms with E-state index in [0.717, 1.165) is 0 Å². The Kier molecular flexibility index (Phi) is 3.00. The van der Waals surface area contributed by atoms with Crippen LogP contribution in [0.25, 0.3) is 0 Å². The molecule has 0 aromatic carbocycles. The number of hydrogen-bond donors (Lipinski definition) is 2. The van der Waals surface area contributed by atoms with Crippen molar-refractivity contribution in [2.24, 2.45) is 0 Å². The molecule has 11 heteroatoms. The molecule has 0 saturated carbocycles. The number of phosphoric ester groups is 1. The van der Waals surface area contributed by atoms with Crippen molar-refractivity contribution in [3.05, 3.63) is 33.1 Å². The molecule has 4 heterocycles. The van der Waals surface area contributed by atoms with E-state index in [2.05, 4.69) is 4.98 Å². The summed E-state index contributed by atoms with van der Waals surface area (Å²) in [5, 5.41) is 0. The molecule has 1 aromatic rings. The molecule has 5 atom stereocenters. The smallest absolute Gasteiger partial charge is 0.367 e. The van der Waals surface area contributed by atoms with Crippen molar-refractivity contribution in [3.8, 4) is 0 Å². The first kappa shape index (κ1) is 14.3. The highest BCUT2D eigenvalue weighted by atomic mass is 31.2. The third-order valence-electron chi connectivity index (χ3n) is 4.16. The first-order valence-electron chi connectivity index (χ1n) is 6.68. The van der Waals surface area contributed by atoms with Crippen molar-refractivity contribution in [2.75, 3.05) is 13.2 Å². The van der Waals surface area contributed by atoms with Crippen LogP contribution in [0.2, 0.25) is 0 Å². The minimum atomic E-state index is -4.16. The first-order chi connectivity index (χ1) is 10.4. The van der Waals surface area contributed by atoms with Gasteiger partial charge < -0.3 is 14.4 Å². The number of fused-ring (bicyclic) bond motifs is 2. The lowest BCUT2D eigenvalue weighted by molar-refractivity contribution is -0.225. The van der Waals surface area contributed by atoms with Crippen LogP contribution in [0.4, 0.5) is 0 Å². The summed E-state index contributed by atoms with van der Waals surface area (Å²) < 4.78 is 34.1.